The van der Waals surface area contributed by atoms with E-state index in [9.17, 15) is 9.18 Å². The molecule has 2 fully saturated rings. The van der Waals surface area contributed by atoms with Gasteiger partial charge in [0.1, 0.15) is 22.3 Å². The zero-order valence-electron chi connectivity index (χ0n) is 14.1. The van der Waals surface area contributed by atoms with Crippen LogP contribution in [-0.2, 0) is 4.79 Å². The number of anilines is 1. The van der Waals surface area contributed by atoms with Crippen LogP contribution in [0.4, 0.5) is 10.2 Å². The smallest absolute Gasteiger partial charge is 0.263 e. The molecule has 2 aromatic heterocycles. The van der Waals surface area contributed by atoms with Gasteiger partial charge in [-0.3, -0.25) is 4.79 Å². The number of aromatic nitrogens is 3. The summed E-state index contributed by atoms with van der Waals surface area (Å²) in [6.45, 7) is 1.21. The third-order valence-electron chi connectivity index (χ3n) is 4.13. The van der Waals surface area contributed by atoms with Gasteiger partial charge in [-0.15, -0.1) is 0 Å². The van der Waals surface area contributed by atoms with Crippen molar-refractivity contribution < 1.29 is 9.18 Å². The first-order valence-electron chi connectivity index (χ1n) is 7.86. The molecule has 0 unspecified atom stereocenters. The fourth-order valence-electron chi connectivity index (χ4n) is 2.87. The molecule has 2 aliphatic rings. The van der Waals surface area contributed by atoms with Crippen LogP contribution in [0.2, 0.25) is 0 Å². The number of carbonyl (C=O) groups is 1. The summed E-state index contributed by atoms with van der Waals surface area (Å²) in [5, 5.41) is 2.58. The van der Waals surface area contributed by atoms with Gasteiger partial charge in [-0.25, -0.2) is 19.3 Å². The van der Waals surface area contributed by atoms with Crippen LogP contribution in [0.15, 0.2) is 23.4 Å². The molecule has 2 saturated heterocycles. The number of hydrogen-bond acceptors (Lipinski definition) is 7. The second kappa shape index (κ2) is 8.68. The molecule has 4 rings (SSSR count). The van der Waals surface area contributed by atoms with Gasteiger partial charge >= 0.3 is 0 Å². The number of alkyl halides is 1. The number of hydrogen-bond donors (Lipinski definition) is 1. The summed E-state index contributed by atoms with van der Waals surface area (Å²) in [5.74, 6) is 0.489. The zero-order valence-corrected chi connectivity index (χ0v) is 18.9. The average Bonchev–Trinajstić information content (AvgIpc) is 2.92. The molecule has 0 aromatic carbocycles. The number of fused-ring (bicyclic) bond motifs is 1. The first kappa shape index (κ1) is 20.2. The van der Waals surface area contributed by atoms with Crippen LogP contribution in [0, 0.1) is 0 Å². The molecular formula is C16H14FKN5OS2. The summed E-state index contributed by atoms with van der Waals surface area (Å²) in [4.78, 5) is 27.6. The maximum absolute atomic E-state index is 13.4. The first-order chi connectivity index (χ1) is 12.1. The predicted molar refractivity (Wildman–Crippen MR) is 106 cm³/mol. The maximum Gasteiger partial charge on any atom is 0.263 e. The molecule has 0 atom stereocenters. The van der Waals surface area contributed by atoms with E-state index in [0.717, 1.165) is 0 Å². The van der Waals surface area contributed by atoms with Crippen LogP contribution >= 0.6 is 24.0 Å². The summed E-state index contributed by atoms with van der Waals surface area (Å²) in [7, 11) is 0. The Hall–Kier alpha value is -0.494. The van der Waals surface area contributed by atoms with Gasteiger partial charge < -0.3 is 10.2 Å². The molecule has 4 heterocycles. The number of pyridine rings is 1. The van der Waals surface area contributed by atoms with Crippen molar-refractivity contribution in [2.45, 2.75) is 19.0 Å². The molecular weight excluding hydrogens is 400 g/mol. The Morgan fingerprint density at radius 3 is 2.77 bits per heavy atom. The Labute approximate surface area is 201 Å². The molecule has 0 aliphatic carbocycles. The van der Waals surface area contributed by atoms with Crippen molar-refractivity contribution in [3.8, 4) is 0 Å². The van der Waals surface area contributed by atoms with E-state index >= 15 is 0 Å². The number of amides is 1. The molecule has 2 aliphatic heterocycles. The van der Waals surface area contributed by atoms with Gasteiger partial charge in [-0.05, 0) is 31.1 Å². The van der Waals surface area contributed by atoms with Crippen molar-refractivity contribution in [1.82, 2.24) is 20.3 Å². The van der Waals surface area contributed by atoms with Crippen molar-refractivity contribution in [2.75, 3.05) is 18.0 Å². The van der Waals surface area contributed by atoms with Crippen molar-refractivity contribution in [3.63, 3.8) is 0 Å². The van der Waals surface area contributed by atoms with E-state index < -0.39 is 6.17 Å². The SMILES string of the molecule is O=C1NC(=S)SC1=Cc1ccc2ncnc(N3CCC(F)CC3)c2n1.[K]. The third-order valence-corrected chi connectivity index (χ3v) is 5.29. The molecule has 1 amide bonds. The van der Waals surface area contributed by atoms with Gasteiger partial charge in [-0.2, -0.15) is 0 Å². The summed E-state index contributed by atoms with van der Waals surface area (Å²) in [6.07, 6.45) is 3.42. The van der Waals surface area contributed by atoms with Crippen molar-refractivity contribution in [3.05, 3.63) is 29.1 Å². The standard InChI is InChI=1S/C16H14FN5OS2.K/c17-9-3-5-22(6-4-9)14-13-11(18-8-19-14)2-1-10(20-13)7-12-15(23)21-16(24)25-12;/h1-2,7-9H,3-6H2,(H,21,23,24);. The van der Waals surface area contributed by atoms with Crippen LogP contribution in [0.25, 0.3) is 17.1 Å². The maximum atomic E-state index is 13.4. The summed E-state index contributed by atoms with van der Waals surface area (Å²) in [5.41, 5.74) is 2.00. The molecule has 0 bridgehead atoms. The monoisotopic (exact) mass is 414 g/mol. The van der Waals surface area contributed by atoms with Crippen LogP contribution < -0.4 is 10.2 Å². The number of thioether (sulfide) groups is 1. The fourth-order valence-corrected chi connectivity index (χ4v) is 3.90. The minimum Gasteiger partial charge on any atom is -0.354 e. The quantitative estimate of drug-likeness (QED) is 0.458. The first-order valence-corrected chi connectivity index (χ1v) is 9.08. The molecule has 2 aromatic rings. The van der Waals surface area contributed by atoms with Crippen LogP contribution in [-0.4, -0.2) is 95.8 Å². The number of nitrogens with one attached hydrogen (secondary N) is 1. The van der Waals surface area contributed by atoms with Gasteiger partial charge in [0.15, 0.2) is 5.82 Å². The summed E-state index contributed by atoms with van der Waals surface area (Å²) in [6, 6.07) is 3.65. The van der Waals surface area contributed by atoms with Crippen LogP contribution in [0.3, 0.4) is 0 Å². The molecule has 6 nitrogen and oxygen atoms in total. The molecule has 0 spiro atoms. The predicted octanol–water partition coefficient (Wildman–Crippen LogP) is 2.07. The Bertz CT molecular complexity index is 901. The topological polar surface area (TPSA) is 71.0 Å². The van der Waals surface area contributed by atoms with E-state index in [0.29, 0.717) is 57.7 Å². The van der Waals surface area contributed by atoms with Crippen LogP contribution in [0.1, 0.15) is 18.5 Å². The molecule has 26 heavy (non-hydrogen) atoms. The third kappa shape index (κ3) is 4.32. The zero-order chi connectivity index (χ0) is 17.4. The molecule has 0 saturated carbocycles. The summed E-state index contributed by atoms with van der Waals surface area (Å²) >= 11 is 6.21. The molecule has 129 valence electrons. The van der Waals surface area contributed by atoms with E-state index in [1.54, 1.807) is 12.1 Å². The number of piperidine rings is 1. The van der Waals surface area contributed by atoms with E-state index in [2.05, 4.69) is 20.3 Å². The minimum atomic E-state index is -0.751. The van der Waals surface area contributed by atoms with E-state index in [1.165, 1.54) is 18.1 Å². The fraction of sp³-hybridized carbons (Fsp3) is 0.312. The Balaban J connectivity index is 0.00000196. The largest absolute Gasteiger partial charge is 0.354 e. The van der Waals surface area contributed by atoms with Crippen LogP contribution in [0.5, 0.6) is 0 Å². The Kier molecular flexibility index (Phi) is 6.76. The Morgan fingerprint density at radius 2 is 2.08 bits per heavy atom. The molecule has 1 radical (unpaired) electrons. The number of carbonyl (C=O) groups excluding carboxylic acids is 1. The minimum absolute atomic E-state index is 0. The van der Waals surface area contributed by atoms with Gasteiger partial charge in [0, 0.05) is 64.5 Å². The normalized spacial score (nSPS) is 19.7. The van der Waals surface area contributed by atoms with Crippen molar-refractivity contribution in [2.24, 2.45) is 0 Å². The number of halogens is 1. The van der Waals surface area contributed by atoms with Gasteiger partial charge in [-0.1, -0.05) is 24.0 Å². The van der Waals surface area contributed by atoms with Gasteiger partial charge in [0.2, 0.25) is 0 Å². The van der Waals surface area contributed by atoms with Crippen molar-refractivity contribution in [1.29, 1.82) is 0 Å². The van der Waals surface area contributed by atoms with Crippen molar-refractivity contribution >= 4 is 109 Å². The number of thiocarbonyl (C=S) groups is 1. The second-order valence-corrected chi connectivity index (χ2v) is 7.53. The molecule has 10 heteroatoms. The van der Waals surface area contributed by atoms with E-state index in [1.807, 2.05) is 11.0 Å². The second-order valence-electron chi connectivity index (χ2n) is 5.82. The van der Waals surface area contributed by atoms with E-state index in [4.69, 9.17) is 12.2 Å². The molecule has 1 N–H and O–H groups in total. The Morgan fingerprint density at radius 1 is 1.31 bits per heavy atom. The van der Waals surface area contributed by atoms with E-state index in [-0.39, 0.29) is 57.3 Å². The summed E-state index contributed by atoms with van der Waals surface area (Å²) < 4.78 is 13.9. The number of rotatable bonds is 2. The van der Waals surface area contributed by atoms with Gasteiger partial charge in [0.05, 0.1) is 16.1 Å². The average molecular weight is 415 g/mol. The number of nitrogens with zero attached hydrogens (tertiary/aromatic N) is 4. The van der Waals surface area contributed by atoms with Gasteiger partial charge in [0.25, 0.3) is 5.91 Å².